The molecule has 0 aromatic heterocycles. The molecule has 5 heteroatoms. The summed E-state index contributed by atoms with van der Waals surface area (Å²) in [5.41, 5.74) is 1.38. The van der Waals surface area contributed by atoms with Gasteiger partial charge in [-0.2, -0.15) is 0 Å². The highest BCUT2D eigenvalue weighted by Gasteiger charge is 2.23. The Morgan fingerprint density at radius 1 is 1.30 bits per heavy atom. The SMILES string of the molecule is COC(=O)/C(=C\OC1C=C(C)C(=O)O1)c1ccccc1. The monoisotopic (exact) mass is 274 g/mol. The van der Waals surface area contributed by atoms with E-state index in [2.05, 4.69) is 0 Å². The maximum absolute atomic E-state index is 11.8. The lowest BCUT2D eigenvalue weighted by Crippen LogP contribution is -2.11. The molecule has 0 bridgehead atoms. The Kier molecular flexibility index (Phi) is 4.20. The highest BCUT2D eigenvalue weighted by molar-refractivity contribution is 6.16. The molecule has 1 aromatic carbocycles. The minimum atomic E-state index is -0.814. The van der Waals surface area contributed by atoms with Crippen molar-refractivity contribution in [1.29, 1.82) is 0 Å². The molecule has 1 atom stereocenters. The van der Waals surface area contributed by atoms with Crippen molar-refractivity contribution >= 4 is 17.5 Å². The van der Waals surface area contributed by atoms with Crippen LogP contribution in [0.4, 0.5) is 0 Å². The lowest BCUT2D eigenvalue weighted by atomic mass is 10.1. The number of rotatable bonds is 4. The van der Waals surface area contributed by atoms with Crippen LogP contribution in [-0.2, 0) is 23.8 Å². The summed E-state index contributed by atoms with van der Waals surface area (Å²) in [6.07, 6.45) is 1.97. The standard InChI is InChI=1S/C15H14O5/c1-10-8-13(20-14(10)16)19-9-12(15(17)18-2)11-6-4-3-5-7-11/h3-9,13H,1-2H3/b12-9-. The van der Waals surface area contributed by atoms with Gasteiger partial charge in [0.05, 0.1) is 7.11 Å². The van der Waals surface area contributed by atoms with Crippen LogP contribution >= 0.6 is 0 Å². The van der Waals surface area contributed by atoms with E-state index in [-0.39, 0.29) is 5.57 Å². The van der Waals surface area contributed by atoms with E-state index in [1.54, 1.807) is 37.3 Å². The van der Waals surface area contributed by atoms with Crippen molar-refractivity contribution in [1.82, 2.24) is 0 Å². The summed E-state index contributed by atoms with van der Waals surface area (Å²) in [7, 11) is 1.29. The van der Waals surface area contributed by atoms with Crippen LogP contribution in [0.5, 0.6) is 0 Å². The second kappa shape index (κ2) is 6.06. The summed E-state index contributed by atoms with van der Waals surface area (Å²) in [6, 6.07) is 8.95. The van der Waals surface area contributed by atoms with Crippen LogP contribution in [0.1, 0.15) is 12.5 Å². The Morgan fingerprint density at radius 2 is 2.00 bits per heavy atom. The lowest BCUT2D eigenvalue weighted by molar-refractivity contribution is -0.152. The molecule has 0 aliphatic carbocycles. The van der Waals surface area contributed by atoms with E-state index in [9.17, 15) is 9.59 Å². The fourth-order valence-electron chi connectivity index (χ4n) is 1.67. The Balaban J connectivity index is 2.18. The average molecular weight is 274 g/mol. The van der Waals surface area contributed by atoms with Gasteiger partial charge in [-0.15, -0.1) is 0 Å². The molecule has 0 spiro atoms. The van der Waals surface area contributed by atoms with Gasteiger partial charge in [0.15, 0.2) is 0 Å². The predicted octanol–water partition coefficient (Wildman–Crippen LogP) is 2.05. The topological polar surface area (TPSA) is 61.8 Å². The van der Waals surface area contributed by atoms with E-state index in [0.717, 1.165) is 0 Å². The van der Waals surface area contributed by atoms with E-state index in [1.165, 1.54) is 13.4 Å². The average Bonchev–Trinajstić information content (AvgIpc) is 2.78. The van der Waals surface area contributed by atoms with Gasteiger partial charge >= 0.3 is 11.9 Å². The number of esters is 2. The number of carbonyl (C=O) groups excluding carboxylic acids is 2. The van der Waals surface area contributed by atoms with Crippen molar-refractivity contribution < 1.29 is 23.8 Å². The van der Waals surface area contributed by atoms with Crippen molar-refractivity contribution in [3.05, 3.63) is 53.8 Å². The Bertz CT molecular complexity index is 571. The van der Waals surface area contributed by atoms with Crippen LogP contribution < -0.4 is 0 Å². The zero-order chi connectivity index (χ0) is 14.5. The van der Waals surface area contributed by atoms with Gasteiger partial charge in [0.1, 0.15) is 11.8 Å². The minimum absolute atomic E-state index is 0.252. The van der Waals surface area contributed by atoms with Crippen molar-refractivity contribution in [3.8, 4) is 0 Å². The van der Waals surface area contributed by atoms with Gasteiger partial charge in [0.2, 0.25) is 0 Å². The molecule has 2 rings (SSSR count). The van der Waals surface area contributed by atoms with Gasteiger partial charge in [-0.1, -0.05) is 30.3 Å². The van der Waals surface area contributed by atoms with Gasteiger partial charge in [-0.3, -0.25) is 0 Å². The van der Waals surface area contributed by atoms with Gasteiger partial charge in [-0.05, 0) is 12.5 Å². The van der Waals surface area contributed by atoms with E-state index in [4.69, 9.17) is 14.2 Å². The summed E-state index contributed by atoms with van der Waals surface area (Å²) in [4.78, 5) is 23.0. The number of hydrogen-bond acceptors (Lipinski definition) is 5. The first-order valence-electron chi connectivity index (χ1n) is 6.00. The summed E-state index contributed by atoms with van der Waals surface area (Å²) < 4.78 is 14.9. The number of methoxy groups -OCH3 is 1. The number of carbonyl (C=O) groups is 2. The van der Waals surface area contributed by atoms with E-state index >= 15 is 0 Å². The van der Waals surface area contributed by atoms with E-state index in [1.807, 2.05) is 6.07 Å². The molecular weight excluding hydrogens is 260 g/mol. The third-order valence-corrected chi connectivity index (χ3v) is 2.74. The van der Waals surface area contributed by atoms with Crippen LogP contribution in [0.15, 0.2) is 48.2 Å². The van der Waals surface area contributed by atoms with Crippen LogP contribution in [0.2, 0.25) is 0 Å². The van der Waals surface area contributed by atoms with Gasteiger partial charge < -0.3 is 14.2 Å². The maximum Gasteiger partial charge on any atom is 0.341 e. The van der Waals surface area contributed by atoms with Gasteiger partial charge in [0, 0.05) is 11.6 Å². The molecule has 104 valence electrons. The molecule has 1 aromatic rings. The molecule has 0 radical (unpaired) electrons. The predicted molar refractivity (Wildman–Crippen MR) is 71.2 cm³/mol. The van der Waals surface area contributed by atoms with Crippen molar-refractivity contribution in [3.63, 3.8) is 0 Å². The van der Waals surface area contributed by atoms with Crippen LogP contribution in [0.3, 0.4) is 0 Å². The largest absolute Gasteiger partial charge is 0.465 e. The molecule has 0 saturated carbocycles. The Morgan fingerprint density at radius 3 is 2.55 bits per heavy atom. The first-order valence-corrected chi connectivity index (χ1v) is 6.00. The Hall–Kier alpha value is -2.56. The molecule has 5 nitrogen and oxygen atoms in total. The third kappa shape index (κ3) is 3.06. The minimum Gasteiger partial charge on any atom is -0.465 e. The quantitative estimate of drug-likeness (QED) is 0.477. The lowest BCUT2D eigenvalue weighted by Gasteiger charge is -2.10. The second-order valence-corrected chi connectivity index (χ2v) is 4.15. The summed E-state index contributed by atoms with van der Waals surface area (Å²) in [5.74, 6) is -0.955. The number of cyclic esters (lactones) is 1. The molecule has 0 saturated heterocycles. The zero-order valence-corrected chi connectivity index (χ0v) is 11.2. The summed E-state index contributed by atoms with van der Waals surface area (Å²) in [6.45, 7) is 1.63. The highest BCUT2D eigenvalue weighted by atomic mass is 16.7. The molecule has 0 amide bonds. The van der Waals surface area contributed by atoms with Crippen molar-refractivity contribution in [2.75, 3.05) is 7.11 Å². The summed E-state index contributed by atoms with van der Waals surface area (Å²) in [5, 5.41) is 0. The smallest absolute Gasteiger partial charge is 0.341 e. The van der Waals surface area contributed by atoms with Gasteiger partial charge in [-0.25, -0.2) is 9.59 Å². The van der Waals surface area contributed by atoms with E-state index < -0.39 is 18.2 Å². The first kappa shape index (κ1) is 13.9. The first-order chi connectivity index (χ1) is 9.61. The van der Waals surface area contributed by atoms with Crippen molar-refractivity contribution in [2.45, 2.75) is 13.2 Å². The molecule has 1 unspecified atom stereocenters. The molecular formula is C15H14O5. The number of hydrogen-bond donors (Lipinski definition) is 0. The normalized spacial score (nSPS) is 18.3. The Labute approximate surface area is 116 Å². The van der Waals surface area contributed by atoms with Crippen LogP contribution in [0, 0.1) is 0 Å². The molecule has 1 aliphatic heterocycles. The fourth-order valence-corrected chi connectivity index (χ4v) is 1.67. The highest BCUT2D eigenvalue weighted by Crippen LogP contribution is 2.19. The number of benzene rings is 1. The van der Waals surface area contributed by atoms with E-state index in [0.29, 0.717) is 11.1 Å². The van der Waals surface area contributed by atoms with Crippen LogP contribution in [0.25, 0.3) is 5.57 Å². The maximum atomic E-state index is 11.8. The molecule has 1 aliphatic rings. The fraction of sp³-hybridized carbons (Fsp3) is 0.200. The summed E-state index contributed by atoms with van der Waals surface area (Å²) >= 11 is 0. The second-order valence-electron chi connectivity index (χ2n) is 4.15. The molecule has 1 heterocycles. The molecule has 0 fully saturated rings. The van der Waals surface area contributed by atoms with Crippen LogP contribution in [-0.4, -0.2) is 25.3 Å². The zero-order valence-electron chi connectivity index (χ0n) is 11.2. The number of ether oxygens (including phenoxy) is 3. The molecule has 0 N–H and O–H groups in total. The van der Waals surface area contributed by atoms with Gasteiger partial charge in [0.25, 0.3) is 6.29 Å². The van der Waals surface area contributed by atoms with Crippen molar-refractivity contribution in [2.24, 2.45) is 0 Å². The molecule has 20 heavy (non-hydrogen) atoms. The third-order valence-electron chi connectivity index (χ3n) is 2.74.